The molecule has 3 aromatic rings. The quantitative estimate of drug-likeness (QED) is 0.430. The van der Waals surface area contributed by atoms with Crippen LogP contribution in [0.3, 0.4) is 0 Å². The molecule has 2 aromatic carbocycles. The highest BCUT2D eigenvalue weighted by Crippen LogP contribution is 2.15. The van der Waals surface area contributed by atoms with Gasteiger partial charge in [-0.05, 0) is 17.2 Å². The van der Waals surface area contributed by atoms with Gasteiger partial charge in [0, 0.05) is 11.6 Å². The maximum atomic E-state index is 10.9. The molecule has 1 aromatic heterocycles. The number of nitrogens with zero attached hydrogens (tertiary/aromatic N) is 3. The molecule has 0 spiro atoms. The largest absolute Gasteiger partial charge is 0.288 e. The number of carbonyl (C=O) groups excluding carboxylic acids is 1. The molecule has 6 nitrogen and oxygen atoms in total. The fourth-order valence-corrected chi connectivity index (χ4v) is 2.25. The van der Waals surface area contributed by atoms with Gasteiger partial charge >= 0.3 is 0 Å². The number of nitrogens with one attached hydrogen (secondary N) is 1. The molecule has 0 unspecified atom stereocenters. The summed E-state index contributed by atoms with van der Waals surface area (Å²) in [5.74, 6) is -0.560. The van der Waals surface area contributed by atoms with Gasteiger partial charge in [0.25, 0.3) is 5.91 Å². The molecule has 1 amide bonds. The Kier molecular flexibility index (Phi) is 4.78. The standard InChI is InChI=1S/C18H16N4O2/c23-18(20-24)11-10-14-6-8-15(9-7-14)12-22-13-17(19-21-22)16-4-2-1-3-5-16/h1-11,13,24H,12H2,(H,20,23)/b11-10+. The summed E-state index contributed by atoms with van der Waals surface area (Å²) < 4.78 is 1.78. The summed E-state index contributed by atoms with van der Waals surface area (Å²) >= 11 is 0. The van der Waals surface area contributed by atoms with Crippen LogP contribution < -0.4 is 5.48 Å². The van der Waals surface area contributed by atoms with E-state index >= 15 is 0 Å². The van der Waals surface area contributed by atoms with Crippen molar-refractivity contribution in [3.05, 3.63) is 78.0 Å². The van der Waals surface area contributed by atoms with Crippen LogP contribution in [-0.4, -0.2) is 26.1 Å². The average Bonchev–Trinajstić information content (AvgIpc) is 3.10. The van der Waals surface area contributed by atoms with E-state index in [2.05, 4.69) is 10.3 Å². The van der Waals surface area contributed by atoms with E-state index in [1.165, 1.54) is 6.08 Å². The third kappa shape index (κ3) is 3.93. The molecule has 0 aliphatic carbocycles. The van der Waals surface area contributed by atoms with Crippen molar-refractivity contribution in [1.82, 2.24) is 20.5 Å². The van der Waals surface area contributed by atoms with Crippen LogP contribution in [0.2, 0.25) is 0 Å². The van der Waals surface area contributed by atoms with Crippen LogP contribution in [0, 0.1) is 0 Å². The van der Waals surface area contributed by atoms with Gasteiger partial charge < -0.3 is 0 Å². The minimum atomic E-state index is -0.560. The molecule has 0 aliphatic rings. The molecule has 6 heteroatoms. The first kappa shape index (κ1) is 15.6. The lowest BCUT2D eigenvalue weighted by Gasteiger charge is -2.01. The average molecular weight is 320 g/mol. The van der Waals surface area contributed by atoms with Gasteiger partial charge in [0.2, 0.25) is 0 Å². The topological polar surface area (TPSA) is 80.0 Å². The lowest BCUT2D eigenvalue weighted by atomic mass is 10.1. The van der Waals surface area contributed by atoms with Crippen LogP contribution in [0.15, 0.2) is 66.9 Å². The molecule has 0 aliphatic heterocycles. The Morgan fingerprint density at radius 2 is 1.88 bits per heavy atom. The zero-order chi connectivity index (χ0) is 16.8. The normalized spacial score (nSPS) is 10.9. The van der Waals surface area contributed by atoms with Crippen molar-refractivity contribution in [3.8, 4) is 11.3 Å². The Labute approximate surface area is 139 Å². The second-order valence-corrected chi connectivity index (χ2v) is 5.22. The van der Waals surface area contributed by atoms with Crippen molar-refractivity contribution in [3.63, 3.8) is 0 Å². The molecule has 120 valence electrons. The Bertz CT molecular complexity index is 839. The van der Waals surface area contributed by atoms with Gasteiger partial charge in [-0.2, -0.15) is 0 Å². The Morgan fingerprint density at radius 3 is 2.58 bits per heavy atom. The van der Waals surface area contributed by atoms with E-state index in [9.17, 15) is 4.79 Å². The minimum Gasteiger partial charge on any atom is -0.288 e. The molecular weight excluding hydrogens is 304 g/mol. The number of benzene rings is 2. The van der Waals surface area contributed by atoms with Crippen molar-refractivity contribution >= 4 is 12.0 Å². The second kappa shape index (κ2) is 7.34. The van der Waals surface area contributed by atoms with Gasteiger partial charge in [0.1, 0.15) is 5.69 Å². The van der Waals surface area contributed by atoms with E-state index < -0.39 is 5.91 Å². The zero-order valence-electron chi connectivity index (χ0n) is 12.8. The molecule has 0 radical (unpaired) electrons. The molecule has 24 heavy (non-hydrogen) atoms. The lowest BCUT2D eigenvalue weighted by molar-refractivity contribution is -0.124. The van der Waals surface area contributed by atoms with Gasteiger partial charge in [0.15, 0.2) is 0 Å². The predicted octanol–water partition coefficient (Wildman–Crippen LogP) is 2.51. The monoisotopic (exact) mass is 320 g/mol. The third-order valence-corrected chi connectivity index (χ3v) is 3.47. The molecular formula is C18H16N4O2. The maximum absolute atomic E-state index is 10.9. The maximum Gasteiger partial charge on any atom is 0.267 e. The number of hydrogen-bond acceptors (Lipinski definition) is 4. The van der Waals surface area contributed by atoms with E-state index in [0.717, 1.165) is 22.4 Å². The minimum absolute atomic E-state index is 0.560. The third-order valence-electron chi connectivity index (χ3n) is 3.47. The van der Waals surface area contributed by atoms with Crippen molar-refractivity contribution in [2.45, 2.75) is 6.54 Å². The molecule has 3 rings (SSSR count). The lowest BCUT2D eigenvalue weighted by Crippen LogP contribution is -2.14. The summed E-state index contributed by atoms with van der Waals surface area (Å²) in [6.45, 7) is 0.612. The summed E-state index contributed by atoms with van der Waals surface area (Å²) in [4.78, 5) is 10.9. The summed E-state index contributed by atoms with van der Waals surface area (Å²) in [6, 6.07) is 17.6. The fraction of sp³-hybridized carbons (Fsp3) is 0.0556. The number of hydrogen-bond donors (Lipinski definition) is 2. The smallest absolute Gasteiger partial charge is 0.267 e. The van der Waals surface area contributed by atoms with Gasteiger partial charge in [-0.3, -0.25) is 10.0 Å². The first-order valence-corrected chi connectivity index (χ1v) is 7.41. The highest BCUT2D eigenvalue weighted by Gasteiger charge is 2.03. The van der Waals surface area contributed by atoms with Crippen LogP contribution in [0.25, 0.3) is 17.3 Å². The Balaban J connectivity index is 1.67. The molecule has 0 fully saturated rings. The highest BCUT2D eigenvalue weighted by molar-refractivity contribution is 5.90. The van der Waals surface area contributed by atoms with Crippen molar-refractivity contribution in [1.29, 1.82) is 0 Å². The van der Waals surface area contributed by atoms with E-state index in [1.54, 1.807) is 16.2 Å². The molecule has 0 atom stereocenters. The molecule has 0 saturated carbocycles. The van der Waals surface area contributed by atoms with Crippen LogP contribution in [0.5, 0.6) is 0 Å². The molecule has 1 heterocycles. The Hall–Kier alpha value is -3.25. The van der Waals surface area contributed by atoms with Crippen molar-refractivity contribution in [2.75, 3.05) is 0 Å². The Morgan fingerprint density at radius 1 is 1.12 bits per heavy atom. The van der Waals surface area contributed by atoms with Crippen molar-refractivity contribution in [2.24, 2.45) is 0 Å². The number of amides is 1. The van der Waals surface area contributed by atoms with Crippen LogP contribution in [-0.2, 0) is 11.3 Å². The van der Waals surface area contributed by atoms with Gasteiger partial charge in [-0.1, -0.05) is 59.8 Å². The SMILES string of the molecule is O=C(/C=C/c1ccc(Cn2cc(-c3ccccc3)nn2)cc1)NO. The molecule has 2 N–H and O–H groups in total. The first-order chi connectivity index (χ1) is 11.7. The van der Waals surface area contributed by atoms with Gasteiger partial charge in [-0.25, -0.2) is 10.2 Å². The zero-order valence-corrected chi connectivity index (χ0v) is 12.8. The van der Waals surface area contributed by atoms with Crippen LogP contribution in [0.1, 0.15) is 11.1 Å². The summed E-state index contributed by atoms with van der Waals surface area (Å²) in [6.07, 6.45) is 4.80. The van der Waals surface area contributed by atoms with Gasteiger partial charge in [-0.15, -0.1) is 5.10 Å². The van der Waals surface area contributed by atoms with Crippen LogP contribution >= 0.6 is 0 Å². The van der Waals surface area contributed by atoms with Crippen LogP contribution in [0.4, 0.5) is 0 Å². The molecule has 0 bridgehead atoms. The summed E-state index contributed by atoms with van der Waals surface area (Å²) in [5, 5.41) is 16.8. The first-order valence-electron chi connectivity index (χ1n) is 7.41. The van der Waals surface area contributed by atoms with E-state index in [-0.39, 0.29) is 0 Å². The van der Waals surface area contributed by atoms with E-state index in [4.69, 9.17) is 5.21 Å². The molecule has 0 saturated heterocycles. The number of carbonyl (C=O) groups is 1. The van der Waals surface area contributed by atoms with Gasteiger partial charge in [0.05, 0.1) is 12.7 Å². The van der Waals surface area contributed by atoms with E-state index in [1.807, 2.05) is 60.8 Å². The predicted molar refractivity (Wildman–Crippen MR) is 90.0 cm³/mol. The number of hydroxylamine groups is 1. The second-order valence-electron chi connectivity index (χ2n) is 5.22. The fourth-order valence-electron chi connectivity index (χ4n) is 2.25. The highest BCUT2D eigenvalue weighted by atomic mass is 16.5. The number of rotatable bonds is 5. The summed E-state index contributed by atoms with van der Waals surface area (Å²) in [7, 11) is 0. The summed E-state index contributed by atoms with van der Waals surface area (Å²) in [5.41, 5.74) is 5.36. The van der Waals surface area contributed by atoms with E-state index in [0.29, 0.717) is 6.54 Å². The van der Waals surface area contributed by atoms with Crippen molar-refractivity contribution < 1.29 is 10.0 Å². The number of aromatic nitrogens is 3.